The van der Waals surface area contributed by atoms with Gasteiger partial charge in [0.1, 0.15) is 0 Å². The van der Waals surface area contributed by atoms with E-state index in [1.165, 1.54) is 44.9 Å². The van der Waals surface area contributed by atoms with Gasteiger partial charge in [0, 0.05) is 0 Å². The van der Waals surface area contributed by atoms with Gasteiger partial charge in [0.2, 0.25) is 0 Å². The van der Waals surface area contributed by atoms with Gasteiger partial charge in [-0.05, 0) is 17.8 Å². The standard InChI is InChI=1S/C15H32/c1-6-9-10-11-12-15(8-3)14(5)13(4)7-2/h13-15H,6-12H2,1-5H3. The molecule has 15 heavy (non-hydrogen) atoms. The molecule has 0 rings (SSSR count). The molecule has 3 unspecified atom stereocenters. The van der Waals surface area contributed by atoms with Crippen LogP contribution in [0.4, 0.5) is 0 Å². The van der Waals surface area contributed by atoms with Gasteiger partial charge in [0.15, 0.2) is 0 Å². The quantitative estimate of drug-likeness (QED) is 0.432. The molecule has 0 spiro atoms. The molecule has 0 N–H and O–H groups in total. The monoisotopic (exact) mass is 212 g/mol. The fourth-order valence-corrected chi connectivity index (χ4v) is 2.51. The lowest BCUT2D eigenvalue weighted by atomic mass is 9.78. The maximum absolute atomic E-state index is 2.46. The van der Waals surface area contributed by atoms with E-state index >= 15 is 0 Å². The predicted molar refractivity (Wildman–Crippen MR) is 71.2 cm³/mol. The van der Waals surface area contributed by atoms with Crippen molar-refractivity contribution in [1.82, 2.24) is 0 Å². The van der Waals surface area contributed by atoms with Crippen molar-refractivity contribution in [1.29, 1.82) is 0 Å². The van der Waals surface area contributed by atoms with Gasteiger partial charge in [-0.1, -0.05) is 79.6 Å². The predicted octanol–water partition coefficient (Wildman–Crippen LogP) is 5.67. The highest BCUT2D eigenvalue weighted by molar-refractivity contribution is 4.70. The second-order valence-electron chi connectivity index (χ2n) is 5.26. The van der Waals surface area contributed by atoms with E-state index in [0.717, 1.165) is 17.8 Å². The van der Waals surface area contributed by atoms with E-state index in [9.17, 15) is 0 Å². The molecule has 0 aromatic rings. The summed E-state index contributed by atoms with van der Waals surface area (Å²) in [4.78, 5) is 0. The van der Waals surface area contributed by atoms with Crippen LogP contribution in [0.5, 0.6) is 0 Å². The van der Waals surface area contributed by atoms with Crippen LogP contribution in [0.3, 0.4) is 0 Å². The molecule has 0 bridgehead atoms. The number of rotatable bonds is 9. The second kappa shape index (κ2) is 9.24. The largest absolute Gasteiger partial charge is 0.0654 e. The molecule has 0 heterocycles. The first-order valence-electron chi connectivity index (χ1n) is 7.17. The Balaban J connectivity index is 3.79. The highest BCUT2D eigenvalue weighted by atomic mass is 14.2. The minimum absolute atomic E-state index is 0.904. The van der Waals surface area contributed by atoms with Crippen LogP contribution in [0.15, 0.2) is 0 Å². The molecule has 0 saturated carbocycles. The summed E-state index contributed by atoms with van der Waals surface area (Å²) in [5.74, 6) is 2.79. The highest BCUT2D eigenvalue weighted by Crippen LogP contribution is 2.29. The number of hydrogen-bond donors (Lipinski definition) is 0. The number of hydrogen-bond acceptors (Lipinski definition) is 0. The lowest BCUT2D eigenvalue weighted by Crippen LogP contribution is -2.18. The van der Waals surface area contributed by atoms with E-state index in [-0.39, 0.29) is 0 Å². The number of unbranched alkanes of at least 4 members (excludes halogenated alkanes) is 3. The van der Waals surface area contributed by atoms with Crippen molar-refractivity contribution in [3.05, 3.63) is 0 Å². The maximum atomic E-state index is 2.46. The summed E-state index contributed by atoms with van der Waals surface area (Å²) < 4.78 is 0. The molecule has 0 aliphatic carbocycles. The van der Waals surface area contributed by atoms with Crippen molar-refractivity contribution in [2.24, 2.45) is 17.8 Å². The van der Waals surface area contributed by atoms with Crippen LogP contribution in [-0.2, 0) is 0 Å². The van der Waals surface area contributed by atoms with E-state index in [1.54, 1.807) is 0 Å². The van der Waals surface area contributed by atoms with Crippen LogP contribution < -0.4 is 0 Å². The lowest BCUT2D eigenvalue weighted by molar-refractivity contribution is 0.231. The third kappa shape index (κ3) is 6.22. The Morgan fingerprint density at radius 3 is 1.93 bits per heavy atom. The zero-order valence-corrected chi connectivity index (χ0v) is 11.7. The van der Waals surface area contributed by atoms with Crippen molar-refractivity contribution in [3.63, 3.8) is 0 Å². The molecule has 92 valence electrons. The summed E-state index contributed by atoms with van der Waals surface area (Å²) in [6.07, 6.45) is 9.85. The molecule has 0 aliphatic heterocycles. The minimum atomic E-state index is 0.904. The van der Waals surface area contributed by atoms with Gasteiger partial charge in [-0.3, -0.25) is 0 Å². The van der Waals surface area contributed by atoms with Crippen molar-refractivity contribution >= 4 is 0 Å². The Morgan fingerprint density at radius 2 is 1.47 bits per heavy atom. The lowest BCUT2D eigenvalue weighted by Gasteiger charge is -2.27. The highest BCUT2D eigenvalue weighted by Gasteiger charge is 2.19. The van der Waals surface area contributed by atoms with Gasteiger partial charge >= 0.3 is 0 Å². The summed E-state index contributed by atoms with van der Waals surface area (Å²) in [5, 5.41) is 0. The average Bonchev–Trinajstić information content (AvgIpc) is 2.27. The smallest absolute Gasteiger partial charge is 0.0389 e. The van der Waals surface area contributed by atoms with Gasteiger partial charge in [-0.2, -0.15) is 0 Å². The van der Waals surface area contributed by atoms with Gasteiger partial charge in [0.25, 0.3) is 0 Å². The first kappa shape index (κ1) is 15.0. The van der Waals surface area contributed by atoms with Crippen molar-refractivity contribution in [2.45, 2.75) is 79.6 Å². The summed E-state index contributed by atoms with van der Waals surface area (Å²) >= 11 is 0. The zero-order chi connectivity index (χ0) is 11.7. The van der Waals surface area contributed by atoms with Crippen LogP contribution >= 0.6 is 0 Å². The normalized spacial score (nSPS) is 17.4. The Bertz CT molecular complexity index is 128. The fraction of sp³-hybridized carbons (Fsp3) is 1.00. The van der Waals surface area contributed by atoms with Crippen molar-refractivity contribution in [2.75, 3.05) is 0 Å². The summed E-state index contributed by atoms with van der Waals surface area (Å²) in [6.45, 7) is 11.9. The summed E-state index contributed by atoms with van der Waals surface area (Å²) in [6, 6.07) is 0. The molecule has 0 aromatic carbocycles. The summed E-state index contributed by atoms with van der Waals surface area (Å²) in [5.41, 5.74) is 0. The molecule has 0 saturated heterocycles. The Morgan fingerprint density at radius 1 is 0.800 bits per heavy atom. The molecule has 0 aliphatic rings. The van der Waals surface area contributed by atoms with Gasteiger partial charge in [0.05, 0.1) is 0 Å². The van der Waals surface area contributed by atoms with E-state index < -0.39 is 0 Å². The SMILES string of the molecule is CCCCCCC(CC)C(C)C(C)CC. The van der Waals surface area contributed by atoms with Gasteiger partial charge in [-0.25, -0.2) is 0 Å². The van der Waals surface area contributed by atoms with Crippen LogP contribution in [0.1, 0.15) is 79.6 Å². The zero-order valence-electron chi connectivity index (χ0n) is 11.7. The Labute approximate surface area is 97.8 Å². The van der Waals surface area contributed by atoms with E-state index in [2.05, 4.69) is 34.6 Å². The maximum Gasteiger partial charge on any atom is -0.0389 e. The third-order valence-electron chi connectivity index (χ3n) is 4.24. The topological polar surface area (TPSA) is 0 Å². The minimum Gasteiger partial charge on any atom is -0.0654 e. The van der Waals surface area contributed by atoms with Gasteiger partial charge in [-0.15, -0.1) is 0 Å². The van der Waals surface area contributed by atoms with Crippen LogP contribution in [0.2, 0.25) is 0 Å². The third-order valence-corrected chi connectivity index (χ3v) is 4.24. The molecular weight excluding hydrogens is 180 g/mol. The van der Waals surface area contributed by atoms with Crippen LogP contribution in [0, 0.1) is 17.8 Å². The first-order valence-corrected chi connectivity index (χ1v) is 7.17. The second-order valence-corrected chi connectivity index (χ2v) is 5.26. The average molecular weight is 212 g/mol. The molecule has 0 aromatic heterocycles. The molecule has 0 heteroatoms. The molecule has 0 nitrogen and oxygen atoms in total. The van der Waals surface area contributed by atoms with Crippen molar-refractivity contribution in [3.8, 4) is 0 Å². The van der Waals surface area contributed by atoms with Gasteiger partial charge < -0.3 is 0 Å². The van der Waals surface area contributed by atoms with Crippen LogP contribution in [-0.4, -0.2) is 0 Å². The Kier molecular flexibility index (Phi) is 9.24. The summed E-state index contributed by atoms with van der Waals surface area (Å²) in [7, 11) is 0. The van der Waals surface area contributed by atoms with E-state index in [4.69, 9.17) is 0 Å². The molecule has 0 radical (unpaired) electrons. The van der Waals surface area contributed by atoms with Crippen molar-refractivity contribution < 1.29 is 0 Å². The first-order chi connectivity index (χ1) is 7.17. The van der Waals surface area contributed by atoms with E-state index in [1.807, 2.05) is 0 Å². The van der Waals surface area contributed by atoms with E-state index in [0.29, 0.717) is 0 Å². The molecule has 0 amide bonds. The molecular formula is C15H32. The molecule has 3 atom stereocenters. The molecule has 0 fully saturated rings. The van der Waals surface area contributed by atoms with Crippen LogP contribution in [0.25, 0.3) is 0 Å². The fourth-order valence-electron chi connectivity index (χ4n) is 2.51. The Hall–Kier alpha value is 0.